The van der Waals surface area contributed by atoms with Crippen LogP contribution in [0.25, 0.3) is 11.1 Å². The molecule has 1 fully saturated rings. The second-order valence-corrected chi connectivity index (χ2v) is 5.70. The number of anilines is 1. The Kier molecular flexibility index (Phi) is 3.00. The topological polar surface area (TPSA) is 45.5 Å². The van der Waals surface area contributed by atoms with Gasteiger partial charge in [-0.05, 0) is 17.7 Å². The van der Waals surface area contributed by atoms with E-state index in [9.17, 15) is 0 Å². The number of aryl methyl sites for hydroxylation is 1. The van der Waals surface area contributed by atoms with Gasteiger partial charge in [0, 0.05) is 57.1 Å². The van der Waals surface area contributed by atoms with E-state index in [-0.39, 0.29) is 0 Å². The van der Waals surface area contributed by atoms with Crippen molar-refractivity contribution in [3.05, 3.63) is 30.6 Å². The van der Waals surface area contributed by atoms with E-state index >= 15 is 0 Å². The van der Waals surface area contributed by atoms with Gasteiger partial charge in [-0.25, -0.2) is 0 Å². The molecule has 1 unspecified atom stereocenters. The van der Waals surface area contributed by atoms with Crippen LogP contribution in [0.2, 0.25) is 0 Å². The minimum absolute atomic E-state index is 0.507. The second-order valence-electron chi connectivity index (χ2n) is 5.70. The highest BCUT2D eigenvalue weighted by atomic mass is 15.2. The Morgan fingerprint density at radius 1 is 1.29 bits per heavy atom. The fourth-order valence-corrected chi connectivity index (χ4v) is 3.17. The van der Waals surface area contributed by atoms with Crippen LogP contribution in [0.15, 0.2) is 35.6 Å². The van der Waals surface area contributed by atoms with Gasteiger partial charge >= 0.3 is 0 Å². The summed E-state index contributed by atoms with van der Waals surface area (Å²) in [6, 6.07) is 7.02. The number of hydrogen-bond donors (Lipinski definition) is 1. The molecule has 1 aromatic heterocycles. The molecule has 21 heavy (non-hydrogen) atoms. The Morgan fingerprint density at radius 2 is 2.24 bits per heavy atom. The van der Waals surface area contributed by atoms with Crippen molar-refractivity contribution in [2.45, 2.75) is 12.5 Å². The van der Waals surface area contributed by atoms with E-state index in [1.165, 1.54) is 11.3 Å². The largest absolute Gasteiger partial charge is 0.364 e. The molecule has 0 spiro atoms. The number of hydrogen-bond acceptors (Lipinski definition) is 4. The lowest BCUT2D eigenvalue weighted by Gasteiger charge is -2.37. The normalized spacial score (nSPS) is 20.8. The molecule has 1 N–H and O–H groups in total. The van der Waals surface area contributed by atoms with Crippen LogP contribution < -0.4 is 10.2 Å². The molecule has 0 bridgehead atoms. The molecule has 2 aromatic rings. The summed E-state index contributed by atoms with van der Waals surface area (Å²) in [5.41, 5.74) is 4.68. The summed E-state index contributed by atoms with van der Waals surface area (Å²) >= 11 is 0. The molecule has 0 amide bonds. The smallest absolute Gasteiger partial charge is 0.0859 e. The Morgan fingerprint density at radius 3 is 3.10 bits per heavy atom. The van der Waals surface area contributed by atoms with Crippen molar-refractivity contribution in [1.82, 2.24) is 15.1 Å². The van der Waals surface area contributed by atoms with Crippen molar-refractivity contribution in [3.8, 4) is 11.1 Å². The molecule has 1 atom stereocenters. The number of nitrogens with one attached hydrogen (secondary N) is 1. The van der Waals surface area contributed by atoms with Crippen molar-refractivity contribution in [1.29, 1.82) is 0 Å². The quantitative estimate of drug-likeness (QED) is 0.869. The zero-order chi connectivity index (χ0) is 14.2. The van der Waals surface area contributed by atoms with Crippen LogP contribution in [0, 0.1) is 0 Å². The Bertz CT molecular complexity index is 688. The van der Waals surface area contributed by atoms with E-state index in [1.807, 2.05) is 17.9 Å². The van der Waals surface area contributed by atoms with E-state index in [1.54, 1.807) is 0 Å². The molecule has 0 radical (unpaired) electrons. The van der Waals surface area contributed by atoms with Crippen molar-refractivity contribution in [2.24, 2.45) is 12.0 Å². The molecule has 4 rings (SSSR count). The number of piperazine rings is 1. The maximum Gasteiger partial charge on any atom is 0.0859 e. The second kappa shape index (κ2) is 5.00. The molecular formula is C16H19N5. The molecule has 0 aliphatic carbocycles. The molecule has 1 saturated heterocycles. The summed E-state index contributed by atoms with van der Waals surface area (Å²) in [4.78, 5) is 7.13. The summed E-state index contributed by atoms with van der Waals surface area (Å²) in [5, 5.41) is 7.74. The first-order chi connectivity index (χ1) is 10.3. The van der Waals surface area contributed by atoms with Crippen molar-refractivity contribution >= 4 is 17.6 Å². The van der Waals surface area contributed by atoms with E-state index in [0.717, 1.165) is 37.3 Å². The van der Waals surface area contributed by atoms with Crippen LogP contribution in [-0.4, -0.2) is 41.7 Å². The van der Waals surface area contributed by atoms with E-state index in [4.69, 9.17) is 0 Å². The summed E-state index contributed by atoms with van der Waals surface area (Å²) in [5.74, 6) is 0. The fourth-order valence-electron chi connectivity index (χ4n) is 3.17. The zero-order valence-corrected chi connectivity index (χ0v) is 12.2. The Labute approximate surface area is 124 Å². The minimum atomic E-state index is 0.507. The van der Waals surface area contributed by atoms with Gasteiger partial charge in [-0.15, -0.1) is 0 Å². The number of aromatic nitrogens is 2. The number of fused-ring (bicyclic) bond motifs is 3. The van der Waals surface area contributed by atoms with Gasteiger partial charge in [0.05, 0.1) is 17.6 Å². The van der Waals surface area contributed by atoms with Gasteiger partial charge in [-0.1, -0.05) is 6.07 Å². The first-order valence-electron chi connectivity index (χ1n) is 7.44. The van der Waals surface area contributed by atoms with E-state index < -0.39 is 0 Å². The first-order valence-corrected chi connectivity index (χ1v) is 7.44. The summed E-state index contributed by atoms with van der Waals surface area (Å²) in [7, 11) is 1.95. The zero-order valence-electron chi connectivity index (χ0n) is 12.2. The number of aliphatic imine (C=N–C) groups is 1. The molecule has 5 heteroatoms. The highest BCUT2D eigenvalue weighted by Gasteiger charge is 2.25. The summed E-state index contributed by atoms with van der Waals surface area (Å²) in [6.45, 7) is 3.10. The van der Waals surface area contributed by atoms with Crippen molar-refractivity contribution in [2.75, 3.05) is 24.5 Å². The lowest BCUT2D eigenvalue weighted by Crippen LogP contribution is -2.51. The van der Waals surface area contributed by atoms with Gasteiger partial charge in [-0.3, -0.25) is 9.67 Å². The lowest BCUT2D eigenvalue weighted by atomic mass is 10.0. The molecule has 5 nitrogen and oxygen atoms in total. The van der Waals surface area contributed by atoms with Crippen LogP contribution in [0.5, 0.6) is 0 Å². The Balaban J connectivity index is 1.79. The highest BCUT2D eigenvalue weighted by molar-refractivity contribution is 5.81. The Hall–Kier alpha value is -2.14. The SMILES string of the molecule is Cn1cc(-c2ccc3c(c2)N2CCNCC2CC=N3)cn1. The van der Waals surface area contributed by atoms with Gasteiger partial charge in [0.2, 0.25) is 0 Å². The molecule has 2 aliphatic heterocycles. The highest BCUT2D eigenvalue weighted by Crippen LogP contribution is 2.36. The number of nitrogens with zero attached hydrogens (tertiary/aromatic N) is 4. The number of benzene rings is 1. The molecule has 1 aromatic carbocycles. The fraction of sp³-hybridized carbons (Fsp3) is 0.375. The van der Waals surface area contributed by atoms with Gasteiger partial charge in [0.15, 0.2) is 0 Å². The van der Waals surface area contributed by atoms with E-state index in [0.29, 0.717) is 6.04 Å². The third-order valence-corrected chi connectivity index (χ3v) is 4.28. The monoisotopic (exact) mass is 281 g/mol. The van der Waals surface area contributed by atoms with Gasteiger partial charge in [-0.2, -0.15) is 5.10 Å². The summed E-state index contributed by atoms with van der Waals surface area (Å²) in [6.07, 6.45) is 7.03. The molecule has 0 saturated carbocycles. The van der Waals surface area contributed by atoms with Crippen LogP contribution in [0.1, 0.15) is 6.42 Å². The number of rotatable bonds is 1. The summed E-state index contributed by atoms with van der Waals surface area (Å²) < 4.78 is 1.84. The van der Waals surface area contributed by atoms with E-state index in [2.05, 4.69) is 50.9 Å². The average molecular weight is 281 g/mol. The van der Waals surface area contributed by atoms with Crippen molar-refractivity contribution < 1.29 is 0 Å². The van der Waals surface area contributed by atoms with Crippen molar-refractivity contribution in [3.63, 3.8) is 0 Å². The minimum Gasteiger partial charge on any atom is -0.364 e. The van der Waals surface area contributed by atoms with Crippen LogP contribution in [0.4, 0.5) is 11.4 Å². The van der Waals surface area contributed by atoms with Gasteiger partial charge < -0.3 is 10.2 Å². The lowest BCUT2D eigenvalue weighted by molar-refractivity contribution is 0.489. The predicted octanol–water partition coefficient (Wildman–Crippen LogP) is 1.97. The van der Waals surface area contributed by atoms with Crippen LogP contribution >= 0.6 is 0 Å². The maximum absolute atomic E-state index is 4.64. The van der Waals surface area contributed by atoms with Gasteiger partial charge in [0.25, 0.3) is 0 Å². The average Bonchev–Trinajstić information content (AvgIpc) is 2.86. The first kappa shape index (κ1) is 12.6. The third kappa shape index (κ3) is 2.23. The molecule has 108 valence electrons. The van der Waals surface area contributed by atoms with Crippen LogP contribution in [0.3, 0.4) is 0 Å². The maximum atomic E-state index is 4.64. The molecular weight excluding hydrogens is 262 g/mol. The molecule has 3 heterocycles. The third-order valence-electron chi connectivity index (χ3n) is 4.28. The predicted molar refractivity (Wildman–Crippen MR) is 85.4 cm³/mol. The molecule has 2 aliphatic rings. The van der Waals surface area contributed by atoms with Gasteiger partial charge in [0.1, 0.15) is 0 Å². The standard InChI is InChI=1S/C16H19N5/c1-20-11-13(9-19-20)12-2-3-15-16(8-12)21-7-6-17-10-14(21)4-5-18-15/h2-3,5,8-9,11,14,17H,4,6-7,10H2,1H3. The van der Waals surface area contributed by atoms with Crippen LogP contribution in [-0.2, 0) is 7.05 Å².